The van der Waals surface area contributed by atoms with Gasteiger partial charge in [-0.25, -0.2) is 9.37 Å². The quantitative estimate of drug-likeness (QED) is 0.406. The second-order valence-electron chi connectivity index (χ2n) is 8.21. The van der Waals surface area contributed by atoms with E-state index in [1.165, 1.54) is 6.07 Å². The van der Waals surface area contributed by atoms with E-state index in [0.29, 0.717) is 34.4 Å². The molecule has 5 nitrogen and oxygen atoms in total. The Kier molecular flexibility index (Phi) is 6.99. The highest BCUT2D eigenvalue weighted by Gasteiger charge is 2.30. The molecular formula is C24H27FN2O3S. The van der Waals surface area contributed by atoms with E-state index in [0.717, 1.165) is 0 Å². The smallest absolute Gasteiger partial charge is 0.221 e. The number of rotatable bonds is 7. The van der Waals surface area contributed by atoms with Gasteiger partial charge in [0.05, 0.1) is 18.2 Å². The number of nitrogens with zero attached hydrogens (tertiary/aromatic N) is 1. The van der Waals surface area contributed by atoms with E-state index in [2.05, 4.69) is 9.71 Å². The topological polar surface area (TPSA) is 74.3 Å². The Hall–Kier alpha value is -2.48. The minimum atomic E-state index is -1.38. The Morgan fingerprint density at radius 2 is 1.84 bits per heavy atom. The van der Waals surface area contributed by atoms with Crippen molar-refractivity contribution in [1.82, 2.24) is 9.71 Å². The number of benzene rings is 2. The highest BCUT2D eigenvalue weighted by atomic mass is 32.2. The van der Waals surface area contributed by atoms with Gasteiger partial charge in [0.2, 0.25) is 5.88 Å². The second-order valence-corrected chi connectivity index (χ2v) is 10.2. The first-order valence-electron chi connectivity index (χ1n) is 10.2. The van der Waals surface area contributed by atoms with Crippen molar-refractivity contribution in [3.8, 4) is 5.88 Å². The van der Waals surface area contributed by atoms with Gasteiger partial charge in [0, 0.05) is 34.1 Å². The van der Waals surface area contributed by atoms with Gasteiger partial charge < -0.3 is 9.29 Å². The van der Waals surface area contributed by atoms with Crippen molar-refractivity contribution in [3.05, 3.63) is 71.2 Å². The molecule has 31 heavy (non-hydrogen) atoms. The van der Waals surface area contributed by atoms with E-state index in [1.54, 1.807) is 43.5 Å². The molecule has 164 valence electrons. The zero-order chi connectivity index (χ0) is 22.8. The van der Waals surface area contributed by atoms with E-state index in [4.69, 9.17) is 4.74 Å². The molecule has 0 radical (unpaired) electrons. The van der Waals surface area contributed by atoms with Gasteiger partial charge in [0.25, 0.3) is 0 Å². The van der Waals surface area contributed by atoms with Crippen molar-refractivity contribution in [2.45, 2.75) is 45.4 Å². The molecule has 0 aliphatic rings. The third-order valence-electron chi connectivity index (χ3n) is 4.87. The van der Waals surface area contributed by atoms with E-state index in [9.17, 15) is 9.35 Å². The molecule has 1 aromatic heterocycles. The molecule has 0 saturated heterocycles. The number of fused-ring (bicyclic) bond motifs is 1. The molecule has 2 aromatic carbocycles. The summed E-state index contributed by atoms with van der Waals surface area (Å²) in [5.41, 5.74) is 0.631. The van der Waals surface area contributed by atoms with Crippen LogP contribution in [0.15, 0.2) is 48.7 Å². The molecule has 0 spiro atoms. The van der Waals surface area contributed by atoms with E-state index in [1.807, 2.05) is 33.8 Å². The zero-order valence-corrected chi connectivity index (χ0v) is 19.2. The number of halogens is 1. The zero-order valence-electron chi connectivity index (χ0n) is 18.4. The Bertz CT molecular complexity index is 1100. The summed E-state index contributed by atoms with van der Waals surface area (Å²) in [5.74, 6) is -0.608. The van der Waals surface area contributed by atoms with Gasteiger partial charge in [0.1, 0.15) is 10.6 Å². The number of hydrogen-bond acceptors (Lipinski definition) is 5. The van der Waals surface area contributed by atoms with Crippen LogP contribution in [-0.4, -0.2) is 26.7 Å². The highest BCUT2D eigenvalue weighted by Crippen LogP contribution is 2.29. The fraction of sp³-hybridized carbons (Fsp3) is 0.333. The van der Waals surface area contributed by atoms with E-state index in [-0.39, 0.29) is 5.56 Å². The van der Waals surface area contributed by atoms with Crippen LogP contribution in [0.1, 0.15) is 62.1 Å². The van der Waals surface area contributed by atoms with Gasteiger partial charge in [-0.05, 0) is 58.2 Å². The van der Waals surface area contributed by atoms with Crippen molar-refractivity contribution in [1.29, 1.82) is 0 Å². The van der Waals surface area contributed by atoms with Crippen molar-refractivity contribution in [2.24, 2.45) is 0 Å². The monoisotopic (exact) mass is 442 g/mol. The normalized spacial score (nSPS) is 13.8. The first-order chi connectivity index (χ1) is 14.6. The number of aromatic nitrogens is 1. The predicted octanol–water partition coefficient (Wildman–Crippen LogP) is 5.12. The first kappa shape index (κ1) is 23.2. The third kappa shape index (κ3) is 4.89. The predicted molar refractivity (Wildman–Crippen MR) is 122 cm³/mol. The number of ether oxygens (including phenoxy) is 1. The fourth-order valence-corrected chi connectivity index (χ4v) is 4.04. The average Bonchev–Trinajstić information content (AvgIpc) is 2.72. The number of nitrogens with one attached hydrogen (secondary N) is 1. The van der Waals surface area contributed by atoms with Crippen LogP contribution in [0.3, 0.4) is 0 Å². The molecule has 0 aliphatic heterocycles. The maximum atomic E-state index is 15.4. The summed E-state index contributed by atoms with van der Waals surface area (Å²) in [7, 11) is 0. The lowest BCUT2D eigenvalue weighted by Crippen LogP contribution is -2.40. The van der Waals surface area contributed by atoms with Crippen LogP contribution in [0.25, 0.3) is 10.8 Å². The highest BCUT2D eigenvalue weighted by molar-refractivity contribution is 7.90. The van der Waals surface area contributed by atoms with Gasteiger partial charge in [-0.3, -0.25) is 4.79 Å². The van der Waals surface area contributed by atoms with Crippen LogP contribution in [0.5, 0.6) is 5.88 Å². The molecule has 3 rings (SSSR count). The summed E-state index contributed by atoms with van der Waals surface area (Å²) >= 11 is -1.38. The third-order valence-corrected chi connectivity index (χ3v) is 6.55. The lowest BCUT2D eigenvalue weighted by Gasteiger charge is -2.26. The fourth-order valence-electron chi connectivity index (χ4n) is 3.24. The molecule has 0 amide bonds. The number of pyridine rings is 1. The Balaban J connectivity index is 2.00. The van der Waals surface area contributed by atoms with Crippen LogP contribution >= 0.6 is 0 Å². The van der Waals surface area contributed by atoms with Crippen LogP contribution in [0.4, 0.5) is 4.39 Å². The maximum Gasteiger partial charge on any atom is 0.221 e. The summed E-state index contributed by atoms with van der Waals surface area (Å²) in [4.78, 5) is 17.6. The van der Waals surface area contributed by atoms with Gasteiger partial charge in [-0.15, -0.1) is 4.72 Å². The van der Waals surface area contributed by atoms with Gasteiger partial charge in [-0.2, -0.15) is 0 Å². The van der Waals surface area contributed by atoms with Crippen LogP contribution in [0.2, 0.25) is 0 Å². The summed E-state index contributed by atoms with van der Waals surface area (Å²) in [6.45, 7) is 9.55. The number of ketones is 1. The lowest BCUT2D eigenvalue weighted by atomic mass is 9.95. The van der Waals surface area contributed by atoms with Crippen molar-refractivity contribution >= 4 is 27.9 Å². The van der Waals surface area contributed by atoms with E-state index >= 15 is 4.39 Å². The summed E-state index contributed by atoms with van der Waals surface area (Å²) in [5, 5.41) is 1.35. The molecular weight excluding hydrogens is 415 g/mol. The van der Waals surface area contributed by atoms with Crippen LogP contribution < -0.4 is 9.46 Å². The van der Waals surface area contributed by atoms with Gasteiger partial charge >= 0.3 is 0 Å². The molecule has 0 aliphatic carbocycles. The van der Waals surface area contributed by atoms with Crippen LogP contribution in [-0.2, 0) is 11.4 Å². The Labute approximate surface area is 185 Å². The standard InChI is InChI=1S/C24H27FN2O3S/c1-6-30-23-19-11-8-10-18(17(19)13-14-26-23)22(28)20-12-7-9-16(21(20)25)15(2)27-31(29)24(3,4)5/h7-15,27H,6H2,1-5H3. The minimum absolute atomic E-state index is 0.0324. The molecule has 2 unspecified atom stereocenters. The molecule has 2 atom stereocenters. The lowest BCUT2D eigenvalue weighted by molar-refractivity contribution is 0.103. The average molecular weight is 443 g/mol. The molecule has 1 N–H and O–H groups in total. The molecule has 3 aromatic rings. The van der Waals surface area contributed by atoms with Gasteiger partial charge in [0.15, 0.2) is 5.78 Å². The number of carbonyl (C=O) groups excluding carboxylic acids is 1. The first-order valence-corrected chi connectivity index (χ1v) is 11.3. The Morgan fingerprint density at radius 3 is 2.52 bits per heavy atom. The summed E-state index contributed by atoms with van der Waals surface area (Å²) in [6.07, 6.45) is 1.57. The van der Waals surface area contributed by atoms with E-state index < -0.39 is 33.8 Å². The SMILES string of the molecule is CCOc1nccc2c(C(=O)c3cccc(C(C)N[S+]([O-])C(C)(C)C)c3F)cccc12. The number of hydrogen-bond donors (Lipinski definition) is 1. The Morgan fingerprint density at radius 1 is 1.16 bits per heavy atom. The molecule has 1 heterocycles. The summed E-state index contributed by atoms with van der Waals surface area (Å²) in [6, 6.07) is 11.1. The molecule has 0 bridgehead atoms. The van der Waals surface area contributed by atoms with Crippen molar-refractivity contribution in [2.75, 3.05) is 6.61 Å². The second kappa shape index (κ2) is 9.34. The van der Waals surface area contributed by atoms with Gasteiger partial charge in [-0.1, -0.05) is 24.3 Å². The van der Waals surface area contributed by atoms with Crippen molar-refractivity contribution in [3.63, 3.8) is 0 Å². The van der Waals surface area contributed by atoms with Crippen LogP contribution in [0, 0.1) is 5.82 Å². The summed E-state index contributed by atoms with van der Waals surface area (Å²) < 4.78 is 35.8. The largest absolute Gasteiger partial charge is 0.598 e. The number of carbonyl (C=O) groups is 1. The molecule has 7 heteroatoms. The minimum Gasteiger partial charge on any atom is -0.598 e. The van der Waals surface area contributed by atoms with Crippen molar-refractivity contribution < 1.29 is 18.5 Å². The molecule has 0 fully saturated rings. The molecule has 0 saturated carbocycles. The maximum absolute atomic E-state index is 15.4.